The molecule has 0 radical (unpaired) electrons. The van der Waals surface area contributed by atoms with E-state index in [1.165, 1.54) is 13.8 Å². The summed E-state index contributed by atoms with van der Waals surface area (Å²) in [6.45, 7) is 7.40. The molecule has 1 amide bonds. The summed E-state index contributed by atoms with van der Waals surface area (Å²) in [7, 11) is -8.16. The SMILES string of the molecule is CNC(CC(C)C)C(=O)N1CCC(N(C(C)C)S(=O)(=O)OC(=O)/C(=C/C(=O)OS(N)(=O)=O)c2cccc(C(F)(F)F)c2)CC1. The molecule has 18 heteroatoms. The molecule has 1 aromatic carbocycles. The number of rotatable bonds is 12. The quantitative estimate of drug-likeness (QED) is 0.312. The highest BCUT2D eigenvalue weighted by atomic mass is 32.2. The van der Waals surface area contributed by atoms with Crippen LogP contribution in [-0.2, 0) is 49.5 Å². The molecule has 1 aliphatic rings. The van der Waals surface area contributed by atoms with Gasteiger partial charge in [-0.3, -0.25) is 4.79 Å². The average Bonchev–Trinajstić information content (AvgIpc) is 2.88. The molecule has 1 fully saturated rings. The minimum atomic E-state index is -4.95. The van der Waals surface area contributed by atoms with Crippen LogP contribution in [0.3, 0.4) is 0 Å². The number of hydrogen-bond donors (Lipinski definition) is 2. The van der Waals surface area contributed by atoms with Gasteiger partial charge in [0.2, 0.25) is 5.91 Å². The third kappa shape index (κ3) is 10.5. The Morgan fingerprint density at radius 2 is 1.68 bits per heavy atom. The largest absolute Gasteiger partial charge is 0.416 e. The van der Waals surface area contributed by atoms with Crippen molar-refractivity contribution in [2.45, 2.75) is 71.3 Å². The number of carbonyl (C=O) groups excluding carboxylic acids is 3. The predicted octanol–water partition coefficient (Wildman–Crippen LogP) is 1.96. The Bertz CT molecular complexity index is 1450. The molecule has 1 aromatic rings. The molecule has 1 atom stereocenters. The molecule has 3 N–H and O–H groups in total. The molecule has 0 aromatic heterocycles. The van der Waals surface area contributed by atoms with Crippen LogP contribution >= 0.6 is 0 Å². The molecule has 1 heterocycles. The maximum atomic E-state index is 13.4. The summed E-state index contributed by atoms with van der Waals surface area (Å²) in [5.41, 5.74) is -2.91. The number of carbonyl (C=O) groups is 3. The number of nitrogens with one attached hydrogen (secondary N) is 1. The first-order valence-electron chi connectivity index (χ1n) is 13.5. The lowest BCUT2D eigenvalue weighted by Gasteiger charge is -2.39. The third-order valence-electron chi connectivity index (χ3n) is 6.62. The lowest BCUT2D eigenvalue weighted by molar-refractivity contribution is -0.138. The number of amides is 1. The smallest absolute Gasteiger partial charge is 0.341 e. The van der Waals surface area contributed by atoms with Crippen molar-refractivity contribution < 1.29 is 52.8 Å². The van der Waals surface area contributed by atoms with Gasteiger partial charge in [0, 0.05) is 31.2 Å². The van der Waals surface area contributed by atoms with E-state index in [-0.39, 0.29) is 43.8 Å². The fourth-order valence-corrected chi connectivity index (χ4v) is 6.54. The summed E-state index contributed by atoms with van der Waals surface area (Å²) in [5, 5.41) is 7.64. The van der Waals surface area contributed by atoms with Crippen LogP contribution in [0.15, 0.2) is 30.3 Å². The second-order valence-corrected chi connectivity index (χ2v) is 13.4. The monoisotopic (exact) mass is 670 g/mol. The van der Waals surface area contributed by atoms with E-state index in [1.807, 2.05) is 13.8 Å². The highest BCUT2D eigenvalue weighted by Gasteiger charge is 2.40. The van der Waals surface area contributed by atoms with E-state index in [9.17, 15) is 44.4 Å². The van der Waals surface area contributed by atoms with Crippen LogP contribution in [0.25, 0.3) is 5.57 Å². The van der Waals surface area contributed by atoms with Gasteiger partial charge in [-0.1, -0.05) is 26.0 Å². The number of hydrogen-bond acceptors (Lipinski definition) is 10. The normalized spacial score (nSPS) is 16.4. The highest BCUT2D eigenvalue weighted by molar-refractivity contribution is 7.85. The van der Waals surface area contributed by atoms with Gasteiger partial charge < -0.3 is 18.6 Å². The first-order valence-corrected chi connectivity index (χ1v) is 16.4. The van der Waals surface area contributed by atoms with Gasteiger partial charge in [0.25, 0.3) is 0 Å². The van der Waals surface area contributed by atoms with E-state index in [4.69, 9.17) is 4.18 Å². The van der Waals surface area contributed by atoms with Gasteiger partial charge in [-0.15, -0.1) is 0 Å². The second kappa shape index (κ2) is 14.8. The number of nitrogens with two attached hydrogens (primary N) is 1. The summed E-state index contributed by atoms with van der Waals surface area (Å²) in [4.78, 5) is 39.9. The molecule has 1 unspecified atom stereocenters. The number of alkyl halides is 3. The zero-order chi connectivity index (χ0) is 33.6. The molecule has 1 aliphatic heterocycles. The van der Waals surface area contributed by atoms with E-state index >= 15 is 0 Å². The van der Waals surface area contributed by atoms with Crippen molar-refractivity contribution in [1.82, 2.24) is 14.5 Å². The number of likely N-dealkylation sites (tertiary alicyclic amines) is 1. The molecule has 44 heavy (non-hydrogen) atoms. The fourth-order valence-electron chi connectivity index (χ4n) is 4.80. The molecule has 0 aliphatic carbocycles. The number of nitrogens with zero attached hydrogens (tertiary/aromatic N) is 2. The Morgan fingerprint density at radius 1 is 1.09 bits per heavy atom. The van der Waals surface area contributed by atoms with Crippen molar-refractivity contribution >= 4 is 44.0 Å². The summed E-state index contributed by atoms with van der Waals surface area (Å²) in [5.74, 6) is -3.45. The molecule has 0 spiro atoms. The van der Waals surface area contributed by atoms with Crippen molar-refractivity contribution in [1.29, 1.82) is 0 Å². The van der Waals surface area contributed by atoms with Gasteiger partial charge in [0.15, 0.2) is 0 Å². The Hall–Kier alpha value is -3.06. The first-order chi connectivity index (χ1) is 20.2. The number of halogens is 3. The summed E-state index contributed by atoms with van der Waals surface area (Å²) in [6.07, 6.45) is -3.74. The van der Waals surface area contributed by atoms with Gasteiger partial charge in [0.1, 0.15) is 0 Å². The highest BCUT2D eigenvalue weighted by Crippen LogP contribution is 2.32. The fraction of sp³-hybridized carbons (Fsp3) is 0.577. The maximum Gasteiger partial charge on any atom is 0.416 e. The molecule has 13 nitrogen and oxygen atoms in total. The molecule has 0 bridgehead atoms. The predicted molar refractivity (Wildman–Crippen MR) is 153 cm³/mol. The topological polar surface area (TPSA) is 182 Å². The van der Waals surface area contributed by atoms with E-state index in [1.54, 1.807) is 11.9 Å². The van der Waals surface area contributed by atoms with Crippen LogP contribution in [-0.4, -0.2) is 82.1 Å². The molecule has 1 saturated heterocycles. The van der Waals surface area contributed by atoms with Gasteiger partial charge >= 0.3 is 38.7 Å². The molecule has 248 valence electrons. The van der Waals surface area contributed by atoms with Crippen molar-refractivity contribution in [2.24, 2.45) is 11.1 Å². The van der Waals surface area contributed by atoms with Gasteiger partial charge in [-0.05, 0) is 63.8 Å². The maximum absolute atomic E-state index is 13.4. The standard InChI is InChI=1S/C26H37F3N4O9S2/c1-16(2)13-22(31-5)24(35)32-11-9-20(10-12-32)33(17(3)4)44(39,40)42-25(36)21(15-23(34)41-43(30,37)38)18-7-6-8-19(14-18)26(27,28)29/h6-8,14-17,20,22,31H,9-13H2,1-5H3,(H2,30,37,38)/b21-15+. The Labute approximate surface area is 255 Å². The van der Waals surface area contributed by atoms with Crippen LogP contribution in [0.2, 0.25) is 0 Å². The van der Waals surface area contributed by atoms with Crippen molar-refractivity contribution in [2.75, 3.05) is 20.1 Å². The van der Waals surface area contributed by atoms with Crippen LogP contribution in [0.4, 0.5) is 13.2 Å². The second-order valence-electron chi connectivity index (χ2n) is 10.8. The van der Waals surface area contributed by atoms with Crippen LogP contribution in [0, 0.1) is 5.92 Å². The lowest BCUT2D eigenvalue weighted by Crippen LogP contribution is -2.54. The lowest BCUT2D eigenvalue weighted by atomic mass is 9.99. The van der Waals surface area contributed by atoms with Crippen LogP contribution < -0.4 is 10.5 Å². The van der Waals surface area contributed by atoms with Gasteiger partial charge in [0.05, 0.1) is 17.2 Å². The Kier molecular flexibility index (Phi) is 12.5. The van der Waals surface area contributed by atoms with Gasteiger partial charge in [-0.25, -0.2) is 9.59 Å². The summed E-state index contributed by atoms with van der Waals surface area (Å²) < 4.78 is 98.8. The van der Waals surface area contributed by atoms with Crippen LogP contribution in [0.1, 0.15) is 58.1 Å². The van der Waals surface area contributed by atoms with Crippen molar-refractivity contribution in [3.63, 3.8) is 0 Å². The van der Waals surface area contributed by atoms with E-state index in [0.29, 0.717) is 18.6 Å². The van der Waals surface area contributed by atoms with Crippen molar-refractivity contribution in [3.05, 3.63) is 41.5 Å². The van der Waals surface area contributed by atoms with E-state index in [2.05, 4.69) is 14.6 Å². The zero-order valence-electron chi connectivity index (χ0n) is 24.8. The third-order valence-corrected chi connectivity index (χ3v) is 8.61. The number of benzene rings is 1. The zero-order valence-corrected chi connectivity index (χ0v) is 26.5. The average molecular weight is 671 g/mol. The van der Waals surface area contributed by atoms with Crippen LogP contribution in [0.5, 0.6) is 0 Å². The van der Waals surface area contributed by atoms with E-state index < -0.39 is 73.5 Å². The Balaban J connectivity index is 2.36. The minimum Gasteiger partial charge on any atom is -0.341 e. The molecular formula is C26H37F3N4O9S2. The first kappa shape index (κ1) is 37.1. The minimum absolute atomic E-state index is 0.132. The van der Waals surface area contributed by atoms with Gasteiger partial charge in [-0.2, -0.15) is 39.5 Å². The Morgan fingerprint density at radius 3 is 2.16 bits per heavy atom. The summed E-state index contributed by atoms with van der Waals surface area (Å²) in [6, 6.07) is 1.03. The molecule has 0 saturated carbocycles. The van der Waals surface area contributed by atoms with E-state index in [0.717, 1.165) is 16.4 Å². The number of piperidine rings is 1. The summed E-state index contributed by atoms with van der Waals surface area (Å²) >= 11 is 0. The molecular weight excluding hydrogens is 633 g/mol. The molecule has 2 rings (SSSR count). The van der Waals surface area contributed by atoms with Crippen molar-refractivity contribution in [3.8, 4) is 0 Å². The number of likely N-dealkylation sites (N-methyl/N-ethyl adjacent to an activating group) is 1.